The minimum atomic E-state index is -1.57. The van der Waals surface area contributed by atoms with E-state index >= 15 is 0 Å². The number of carbonyl (C=O) groups is 4. The number of carboxylic acid groups (broad SMARTS) is 1. The molecule has 5 atom stereocenters. The molecule has 172 valence electrons. The molecule has 1 aliphatic rings. The zero-order valence-electron chi connectivity index (χ0n) is 17.0. The number of aliphatic hydroxyl groups is 2. The van der Waals surface area contributed by atoms with Crippen LogP contribution < -0.4 is 16.4 Å². The molecule has 8 N–H and O–H groups in total. The van der Waals surface area contributed by atoms with Crippen molar-refractivity contribution in [2.75, 3.05) is 13.2 Å². The van der Waals surface area contributed by atoms with Crippen LogP contribution in [0, 0.1) is 0 Å². The van der Waals surface area contributed by atoms with Crippen LogP contribution in [0.3, 0.4) is 0 Å². The van der Waals surface area contributed by atoms with Crippen molar-refractivity contribution in [3.63, 3.8) is 0 Å². The van der Waals surface area contributed by atoms with Gasteiger partial charge in [0.25, 0.3) is 0 Å². The highest BCUT2D eigenvalue weighted by Gasteiger charge is 2.38. The first-order valence-corrected chi connectivity index (χ1v) is 9.81. The fraction of sp³-hybridized carbons (Fsp3) is 0.611. The molecule has 3 amide bonds. The van der Waals surface area contributed by atoms with Gasteiger partial charge in [-0.2, -0.15) is 0 Å². The number of carboxylic acids is 1. The molecule has 5 unspecified atom stereocenters. The van der Waals surface area contributed by atoms with Crippen molar-refractivity contribution in [3.05, 3.63) is 18.2 Å². The van der Waals surface area contributed by atoms with Crippen LogP contribution in [0.25, 0.3) is 0 Å². The minimum Gasteiger partial charge on any atom is -0.480 e. The zero-order chi connectivity index (χ0) is 23.1. The Morgan fingerprint density at radius 1 is 1.35 bits per heavy atom. The summed E-state index contributed by atoms with van der Waals surface area (Å²) in [5.74, 6) is -3.44. The number of amides is 3. The third-order valence-corrected chi connectivity index (χ3v) is 5.01. The summed E-state index contributed by atoms with van der Waals surface area (Å²) < 4.78 is 0. The predicted molar refractivity (Wildman–Crippen MR) is 105 cm³/mol. The quantitative estimate of drug-likeness (QED) is 0.194. The maximum atomic E-state index is 12.9. The SMILES string of the molecule is CC(O)C(NC(=O)C(Cc1cnc[nH]1)NC(=O)C1CCCN1C(=O)C(N)CO)C(=O)O. The van der Waals surface area contributed by atoms with Crippen molar-refractivity contribution in [3.8, 4) is 0 Å². The van der Waals surface area contributed by atoms with Crippen molar-refractivity contribution in [1.29, 1.82) is 0 Å². The molecule has 13 nitrogen and oxygen atoms in total. The molecular weight excluding hydrogens is 412 g/mol. The van der Waals surface area contributed by atoms with E-state index in [2.05, 4.69) is 20.6 Å². The average Bonchev–Trinajstić information content (AvgIpc) is 3.41. The number of nitrogens with one attached hydrogen (secondary N) is 3. The van der Waals surface area contributed by atoms with E-state index in [1.807, 2.05) is 0 Å². The Hall–Kier alpha value is -3.03. The van der Waals surface area contributed by atoms with Crippen LogP contribution in [0.1, 0.15) is 25.5 Å². The lowest BCUT2D eigenvalue weighted by Crippen LogP contribution is -2.58. The van der Waals surface area contributed by atoms with Crippen LogP contribution in [0.4, 0.5) is 0 Å². The normalized spacial score (nSPS) is 19.9. The van der Waals surface area contributed by atoms with Crippen molar-refractivity contribution in [1.82, 2.24) is 25.5 Å². The number of H-pyrrole nitrogens is 1. The first kappa shape index (κ1) is 24.2. The standard InChI is InChI=1S/C18H28N6O7/c1-9(26)14(18(30)31)23-15(27)12(5-10-6-20-8-21-10)22-16(28)13-3-2-4-24(13)17(29)11(19)7-25/h6,8-9,11-14,25-26H,2-5,7,19H2,1H3,(H,20,21)(H,22,28)(H,23,27)(H,30,31). The molecular formula is C18H28N6O7. The number of aliphatic carboxylic acids is 1. The van der Waals surface area contributed by atoms with Gasteiger partial charge in [-0.3, -0.25) is 14.4 Å². The summed E-state index contributed by atoms with van der Waals surface area (Å²) in [5.41, 5.74) is 6.09. The van der Waals surface area contributed by atoms with Gasteiger partial charge in [-0.1, -0.05) is 0 Å². The van der Waals surface area contributed by atoms with E-state index < -0.39 is 60.6 Å². The molecule has 13 heteroatoms. The zero-order valence-corrected chi connectivity index (χ0v) is 17.0. The number of nitrogens with zero attached hydrogens (tertiary/aromatic N) is 2. The Morgan fingerprint density at radius 3 is 2.61 bits per heavy atom. The summed E-state index contributed by atoms with van der Waals surface area (Å²) in [5, 5.41) is 32.7. The van der Waals surface area contributed by atoms with E-state index in [0.29, 0.717) is 18.5 Å². The van der Waals surface area contributed by atoms with Gasteiger partial charge in [0.1, 0.15) is 18.1 Å². The maximum absolute atomic E-state index is 12.9. The van der Waals surface area contributed by atoms with Gasteiger partial charge in [-0.05, 0) is 19.8 Å². The van der Waals surface area contributed by atoms with E-state index in [-0.39, 0.29) is 13.0 Å². The highest BCUT2D eigenvalue weighted by atomic mass is 16.4. The molecule has 1 aromatic heterocycles. The molecule has 1 fully saturated rings. The number of hydrogen-bond acceptors (Lipinski definition) is 8. The van der Waals surface area contributed by atoms with Crippen molar-refractivity contribution >= 4 is 23.7 Å². The smallest absolute Gasteiger partial charge is 0.328 e. The summed E-state index contributed by atoms with van der Waals surface area (Å²) in [4.78, 5) is 57.2. The Morgan fingerprint density at radius 2 is 2.06 bits per heavy atom. The number of rotatable bonds is 10. The van der Waals surface area contributed by atoms with E-state index in [9.17, 15) is 29.4 Å². The third kappa shape index (κ3) is 6.23. The lowest BCUT2D eigenvalue weighted by atomic mass is 10.1. The number of likely N-dealkylation sites (tertiary alicyclic amines) is 1. The van der Waals surface area contributed by atoms with Crippen LogP contribution >= 0.6 is 0 Å². The molecule has 0 spiro atoms. The van der Waals surface area contributed by atoms with Crippen LogP contribution in [-0.4, -0.2) is 97.3 Å². The fourth-order valence-electron chi connectivity index (χ4n) is 3.33. The molecule has 31 heavy (non-hydrogen) atoms. The molecule has 1 aliphatic heterocycles. The number of aromatic amines is 1. The van der Waals surface area contributed by atoms with E-state index in [0.717, 1.165) is 0 Å². The van der Waals surface area contributed by atoms with Gasteiger partial charge in [-0.25, -0.2) is 9.78 Å². The van der Waals surface area contributed by atoms with Crippen molar-refractivity contribution < 1.29 is 34.5 Å². The van der Waals surface area contributed by atoms with Crippen LogP contribution in [0.5, 0.6) is 0 Å². The first-order chi connectivity index (χ1) is 14.6. The van der Waals surface area contributed by atoms with Crippen LogP contribution in [-0.2, 0) is 25.6 Å². The molecule has 0 saturated carbocycles. The number of imidazole rings is 1. The Bertz CT molecular complexity index is 784. The monoisotopic (exact) mass is 440 g/mol. The Kier molecular flexibility index (Phi) is 8.47. The summed E-state index contributed by atoms with van der Waals surface area (Å²) in [6, 6.07) is -4.80. The number of carbonyl (C=O) groups excluding carboxylic acids is 3. The van der Waals surface area contributed by atoms with Crippen LogP contribution in [0.2, 0.25) is 0 Å². The van der Waals surface area contributed by atoms with Crippen LogP contribution in [0.15, 0.2) is 12.5 Å². The van der Waals surface area contributed by atoms with Crippen molar-refractivity contribution in [2.24, 2.45) is 5.73 Å². The number of aromatic nitrogens is 2. The van der Waals surface area contributed by atoms with Gasteiger partial charge < -0.3 is 41.6 Å². The lowest BCUT2D eigenvalue weighted by Gasteiger charge is -2.28. The second kappa shape index (κ2) is 10.8. The summed E-state index contributed by atoms with van der Waals surface area (Å²) >= 11 is 0. The van der Waals surface area contributed by atoms with E-state index in [1.54, 1.807) is 0 Å². The average molecular weight is 440 g/mol. The third-order valence-electron chi connectivity index (χ3n) is 5.01. The Balaban J connectivity index is 2.16. The van der Waals surface area contributed by atoms with Gasteiger partial charge in [0.2, 0.25) is 17.7 Å². The molecule has 0 radical (unpaired) electrons. The molecule has 0 aromatic carbocycles. The highest BCUT2D eigenvalue weighted by Crippen LogP contribution is 2.18. The van der Waals surface area contributed by atoms with Gasteiger partial charge in [-0.15, -0.1) is 0 Å². The predicted octanol–water partition coefficient (Wildman–Crippen LogP) is -3.30. The molecule has 2 rings (SSSR count). The topological polar surface area (TPSA) is 211 Å². The van der Waals surface area contributed by atoms with Gasteiger partial charge >= 0.3 is 5.97 Å². The fourth-order valence-corrected chi connectivity index (χ4v) is 3.33. The van der Waals surface area contributed by atoms with E-state index in [1.165, 1.54) is 24.3 Å². The number of aliphatic hydroxyl groups excluding tert-OH is 2. The van der Waals surface area contributed by atoms with E-state index in [4.69, 9.17) is 10.8 Å². The number of nitrogens with two attached hydrogens (primary N) is 1. The lowest BCUT2D eigenvalue weighted by molar-refractivity contribution is -0.145. The molecule has 1 saturated heterocycles. The maximum Gasteiger partial charge on any atom is 0.328 e. The first-order valence-electron chi connectivity index (χ1n) is 9.81. The Labute approximate surface area is 178 Å². The molecule has 0 bridgehead atoms. The summed E-state index contributed by atoms with van der Waals surface area (Å²) in [6.45, 7) is 0.934. The highest BCUT2D eigenvalue weighted by molar-refractivity contribution is 5.94. The van der Waals surface area contributed by atoms with Crippen molar-refractivity contribution in [2.45, 2.75) is 56.5 Å². The molecule has 2 heterocycles. The van der Waals surface area contributed by atoms with Gasteiger partial charge in [0, 0.05) is 24.9 Å². The molecule has 0 aliphatic carbocycles. The van der Waals surface area contributed by atoms with Gasteiger partial charge in [0.15, 0.2) is 6.04 Å². The van der Waals surface area contributed by atoms with Gasteiger partial charge in [0.05, 0.1) is 19.0 Å². The minimum absolute atomic E-state index is 0.0272. The second-order valence-electron chi connectivity index (χ2n) is 7.39. The largest absolute Gasteiger partial charge is 0.480 e. The summed E-state index contributed by atoms with van der Waals surface area (Å²) in [7, 11) is 0. The summed E-state index contributed by atoms with van der Waals surface area (Å²) in [6.07, 6.45) is 2.33. The molecule has 1 aromatic rings. The second-order valence-corrected chi connectivity index (χ2v) is 7.39. The number of hydrogen-bond donors (Lipinski definition) is 7.